The molecule has 1 heterocycles. The fourth-order valence-corrected chi connectivity index (χ4v) is 3.75. The summed E-state index contributed by atoms with van der Waals surface area (Å²) >= 11 is 0.821. The Hall–Kier alpha value is -3.06. The number of anilines is 1. The molecule has 2 aromatic carbocycles. The highest BCUT2D eigenvalue weighted by atomic mass is 32.2. The number of nitrogens with one attached hydrogen (secondary N) is 1. The third kappa shape index (κ3) is 4.61. The molecule has 3 amide bonds. The average Bonchev–Trinajstić information content (AvgIpc) is 2.88. The van der Waals surface area contributed by atoms with Crippen molar-refractivity contribution < 1.29 is 19.1 Å². The number of methoxy groups -OCH3 is 1. The van der Waals surface area contributed by atoms with Gasteiger partial charge in [-0.3, -0.25) is 19.3 Å². The molecule has 144 valence electrons. The van der Waals surface area contributed by atoms with Crippen LogP contribution in [0.3, 0.4) is 0 Å². The summed E-state index contributed by atoms with van der Waals surface area (Å²) in [5.41, 5.74) is 3.41. The van der Waals surface area contributed by atoms with Crippen LogP contribution in [0.2, 0.25) is 0 Å². The second-order valence-electron chi connectivity index (χ2n) is 6.47. The summed E-state index contributed by atoms with van der Waals surface area (Å²) in [6.45, 7) is 3.54. The highest BCUT2D eigenvalue weighted by Gasteiger charge is 2.36. The topological polar surface area (TPSA) is 75.7 Å². The second-order valence-corrected chi connectivity index (χ2v) is 7.46. The van der Waals surface area contributed by atoms with Crippen molar-refractivity contribution in [2.24, 2.45) is 0 Å². The smallest absolute Gasteiger partial charge is 0.294 e. The van der Waals surface area contributed by atoms with Crippen LogP contribution in [0.1, 0.15) is 16.7 Å². The number of carbonyl (C=O) groups is 3. The van der Waals surface area contributed by atoms with Crippen molar-refractivity contribution in [2.75, 3.05) is 19.0 Å². The van der Waals surface area contributed by atoms with Crippen molar-refractivity contribution in [3.05, 3.63) is 64.1 Å². The maximum atomic E-state index is 12.6. The second kappa shape index (κ2) is 8.31. The number of hydrogen-bond donors (Lipinski definition) is 1. The summed E-state index contributed by atoms with van der Waals surface area (Å²) in [4.78, 5) is 38.4. The van der Waals surface area contributed by atoms with E-state index in [1.54, 1.807) is 31.4 Å². The minimum absolute atomic E-state index is 0.275. The Morgan fingerprint density at radius 3 is 2.54 bits per heavy atom. The molecule has 2 aromatic rings. The molecule has 1 saturated heterocycles. The molecule has 1 N–H and O–H groups in total. The van der Waals surface area contributed by atoms with Crippen LogP contribution in [-0.4, -0.2) is 35.6 Å². The van der Waals surface area contributed by atoms with Gasteiger partial charge in [0.15, 0.2) is 0 Å². The Morgan fingerprint density at radius 1 is 1.14 bits per heavy atom. The summed E-state index contributed by atoms with van der Waals surface area (Å²) in [5.74, 6) is -0.246. The Labute approximate surface area is 167 Å². The van der Waals surface area contributed by atoms with Gasteiger partial charge in [-0.1, -0.05) is 18.2 Å². The van der Waals surface area contributed by atoms with E-state index in [0.717, 1.165) is 33.4 Å². The average molecular weight is 396 g/mol. The standard InChI is InChI=1S/C21H20N2O4S/c1-13-7-14(2)9-16(8-13)22-19(24)12-23-20(25)18(28-21(23)26)11-15-5-4-6-17(10-15)27-3/h4-11H,12H2,1-3H3,(H,22,24)/b18-11+. The van der Waals surface area contributed by atoms with E-state index in [9.17, 15) is 14.4 Å². The molecular weight excluding hydrogens is 376 g/mol. The lowest BCUT2D eigenvalue weighted by Crippen LogP contribution is -2.36. The highest BCUT2D eigenvalue weighted by molar-refractivity contribution is 8.18. The van der Waals surface area contributed by atoms with Gasteiger partial charge in [0.25, 0.3) is 11.1 Å². The van der Waals surface area contributed by atoms with Crippen molar-refractivity contribution in [3.63, 3.8) is 0 Å². The normalized spacial score (nSPS) is 15.2. The third-order valence-electron chi connectivity index (χ3n) is 4.07. The molecule has 0 spiro atoms. The van der Waals surface area contributed by atoms with Gasteiger partial charge >= 0.3 is 0 Å². The highest BCUT2D eigenvalue weighted by Crippen LogP contribution is 2.32. The number of benzene rings is 2. The van der Waals surface area contributed by atoms with Crippen molar-refractivity contribution in [3.8, 4) is 5.75 Å². The minimum atomic E-state index is -0.478. The van der Waals surface area contributed by atoms with Crippen LogP contribution in [0.5, 0.6) is 5.75 Å². The van der Waals surface area contributed by atoms with Gasteiger partial charge in [0.2, 0.25) is 5.91 Å². The Kier molecular flexibility index (Phi) is 5.84. The molecule has 3 rings (SSSR count). The molecule has 1 aliphatic heterocycles. The monoisotopic (exact) mass is 396 g/mol. The first kappa shape index (κ1) is 19.7. The molecule has 0 radical (unpaired) electrons. The van der Waals surface area contributed by atoms with Crippen molar-refractivity contribution in [1.29, 1.82) is 0 Å². The van der Waals surface area contributed by atoms with Crippen molar-refractivity contribution in [2.45, 2.75) is 13.8 Å². The molecule has 0 saturated carbocycles. The number of hydrogen-bond acceptors (Lipinski definition) is 5. The minimum Gasteiger partial charge on any atom is -0.497 e. The maximum Gasteiger partial charge on any atom is 0.294 e. The van der Waals surface area contributed by atoms with Gasteiger partial charge in [-0.15, -0.1) is 0 Å². The molecule has 7 heteroatoms. The lowest BCUT2D eigenvalue weighted by atomic mass is 10.1. The van der Waals surface area contributed by atoms with Gasteiger partial charge in [0, 0.05) is 5.69 Å². The van der Waals surface area contributed by atoms with Crippen molar-refractivity contribution in [1.82, 2.24) is 4.90 Å². The van der Waals surface area contributed by atoms with E-state index >= 15 is 0 Å². The number of thioether (sulfide) groups is 1. The maximum absolute atomic E-state index is 12.6. The zero-order valence-corrected chi connectivity index (χ0v) is 16.6. The van der Waals surface area contributed by atoms with E-state index in [-0.39, 0.29) is 11.4 Å². The van der Waals surface area contributed by atoms with Crippen LogP contribution in [0.15, 0.2) is 47.4 Å². The Balaban J connectivity index is 1.71. The van der Waals surface area contributed by atoms with Gasteiger partial charge in [0.05, 0.1) is 12.0 Å². The van der Waals surface area contributed by atoms with Crippen LogP contribution >= 0.6 is 11.8 Å². The number of nitrogens with zero attached hydrogens (tertiary/aromatic N) is 1. The molecule has 28 heavy (non-hydrogen) atoms. The number of ether oxygens (including phenoxy) is 1. The summed E-state index contributed by atoms with van der Waals surface area (Å²) in [6.07, 6.45) is 1.62. The van der Waals surface area contributed by atoms with Gasteiger partial charge in [-0.2, -0.15) is 0 Å². The van der Waals surface area contributed by atoms with E-state index in [1.165, 1.54) is 0 Å². The molecule has 0 unspecified atom stereocenters. The number of rotatable bonds is 5. The van der Waals surface area contributed by atoms with Crippen LogP contribution in [0.4, 0.5) is 10.5 Å². The van der Waals surface area contributed by atoms with Gasteiger partial charge in [-0.25, -0.2) is 0 Å². The van der Waals surface area contributed by atoms with Gasteiger partial charge in [0.1, 0.15) is 12.3 Å². The number of carbonyl (C=O) groups excluding carboxylic acids is 3. The lowest BCUT2D eigenvalue weighted by Gasteiger charge is -2.13. The van der Waals surface area contributed by atoms with E-state index in [2.05, 4.69) is 5.32 Å². The van der Waals surface area contributed by atoms with E-state index < -0.39 is 17.1 Å². The van der Waals surface area contributed by atoms with Crippen molar-refractivity contribution >= 4 is 40.6 Å². The molecule has 1 aliphatic rings. The molecular formula is C21H20N2O4S. The fourth-order valence-electron chi connectivity index (χ4n) is 2.91. The number of imide groups is 1. The first-order chi connectivity index (χ1) is 13.4. The van der Waals surface area contributed by atoms with Gasteiger partial charge < -0.3 is 10.1 Å². The Bertz CT molecular complexity index is 964. The molecule has 1 fully saturated rings. The summed E-state index contributed by atoms with van der Waals surface area (Å²) < 4.78 is 5.16. The zero-order chi connectivity index (χ0) is 20.3. The molecule has 6 nitrogen and oxygen atoms in total. The zero-order valence-electron chi connectivity index (χ0n) is 15.8. The molecule has 0 aliphatic carbocycles. The number of aryl methyl sites for hydroxylation is 2. The fraction of sp³-hybridized carbons (Fsp3) is 0.190. The summed E-state index contributed by atoms with van der Waals surface area (Å²) in [5, 5.41) is 2.28. The largest absolute Gasteiger partial charge is 0.497 e. The molecule has 0 atom stereocenters. The predicted molar refractivity (Wildman–Crippen MR) is 110 cm³/mol. The van der Waals surface area contributed by atoms with Crippen LogP contribution in [-0.2, 0) is 9.59 Å². The first-order valence-electron chi connectivity index (χ1n) is 8.63. The molecule has 0 aromatic heterocycles. The Morgan fingerprint density at radius 2 is 1.86 bits per heavy atom. The van der Waals surface area contributed by atoms with Crippen LogP contribution < -0.4 is 10.1 Å². The quantitative estimate of drug-likeness (QED) is 0.774. The van der Waals surface area contributed by atoms with Crippen LogP contribution in [0.25, 0.3) is 6.08 Å². The SMILES string of the molecule is COc1cccc(/C=C2/SC(=O)N(CC(=O)Nc3cc(C)cc(C)c3)C2=O)c1. The summed E-state index contributed by atoms with van der Waals surface area (Å²) in [6, 6.07) is 12.8. The van der Waals surface area contributed by atoms with E-state index in [0.29, 0.717) is 11.4 Å². The lowest BCUT2D eigenvalue weighted by molar-refractivity contribution is -0.127. The van der Waals surface area contributed by atoms with E-state index in [4.69, 9.17) is 4.74 Å². The van der Waals surface area contributed by atoms with Crippen LogP contribution in [0, 0.1) is 13.8 Å². The summed E-state index contributed by atoms with van der Waals surface area (Å²) in [7, 11) is 1.56. The predicted octanol–water partition coefficient (Wildman–Crippen LogP) is 3.99. The van der Waals surface area contributed by atoms with E-state index in [1.807, 2.05) is 38.1 Å². The first-order valence-corrected chi connectivity index (χ1v) is 9.45. The molecule has 0 bridgehead atoms. The third-order valence-corrected chi connectivity index (χ3v) is 4.98. The van der Waals surface area contributed by atoms with Gasteiger partial charge in [-0.05, 0) is 72.6 Å². The number of amides is 3.